The molecule has 3 rings (SSSR count). The van der Waals surface area contributed by atoms with Gasteiger partial charge in [-0.1, -0.05) is 91.0 Å². The van der Waals surface area contributed by atoms with Crippen LogP contribution < -0.4 is 10.6 Å². The summed E-state index contributed by atoms with van der Waals surface area (Å²) in [6.45, 7) is 4.27. The highest BCUT2D eigenvalue weighted by atomic mass is 32.2. The maximum absolute atomic E-state index is 5.84. The molecule has 0 bridgehead atoms. The van der Waals surface area contributed by atoms with E-state index in [1.54, 1.807) is 0 Å². The molecule has 0 saturated heterocycles. The van der Waals surface area contributed by atoms with Gasteiger partial charge in [0.05, 0.1) is 13.2 Å². The summed E-state index contributed by atoms with van der Waals surface area (Å²) >= 11 is 1.91. The van der Waals surface area contributed by atoms with Gasteiger partial charge in [-0.3, -0.25) is 0 Å². The average Bonchev–Trinajstić information content (AvgIpc) is 2.88. The molecule has 0 aliphatic rings. The van der Waals surface area contributed by atoms with Gasteiger partial charge >= 0.3 is 0 Å². The molecule has 0 aliphatic carbocycles. The molecule has 0 aromatic heterocycles. The predicted octanol–water partition coefficient (Wildman–Crippen LogP) is 5.73. The van der Waals surface area contributed by atoms with Gasteiger partial charge in [-0.15, -0.1) is 0 Å². The van der Waals surface area contributed by atoms with E-state index in [9.17, 15) is 0 Å². The minimum absolute atomic E-state index is 0.420. The molecule has 176 valence electrons. The molecule has 3 aromatic rings. The highest BCUT2D eigenvalue weighted by Gasteiger charge is 2.14. The third-order valence-electron chi connectivity index (χ3n) is 5.87. The summed E-state index contributed by atoms with van der Waals surface area (Å²) in [5, 5.41) is 7.41. The zero-order valence-corrected chi connectivity index (χ0v) is 20.6. The van der Waals surface area contributed by atoms with Crippen LogP contribution in [-0.2, 0) is 11.3 Å². The zero-order chi connectivity index (χ0) is 23.0. The summed E-state index contributed by atoms with van der Waals surface area (Å²) in [7, 11) is 0. The van der Waals surface area contributed by atoms with E-state index in [0.29, 0.717) is 18.6 Å². The van der Waals surface area contributed by atoms with Crippen molar-refractivity contribution in [3.05, 3.63) is 108 Å². The quantitative estimate of drug-likeness (QED) is 0.267. The summed E-state index contributed by atoms with van der Waals surface area (Å²) in [5.74, 6) is 1.59. The first-order chi connectivity index (χ1) is 16.4. The minimum Gasteiger partial charge on any atom is -0.375 e. The molecule has 3 nitrogen and oxygen atoms in total. The van der Waals surface area contributed by atoms with Crippen molar-refractivity contribution in [1.29, 1.82) is 0 Å². The summed E-state index contributed by atoms with van der Waals surface area (Å²) in [6.07, 6.45) is 4.43. The summed E-state index contributed by atoms with van der Waals surface area (Å²) in [4.78, 5) is 0. The van der Waals surface area contributed by atoms with E-state index in [2.05, 4.69) is 102 Å². The maximum Gasteiger partial charge on any atom is 0.0717 e. The number of benzene rings is 3. The standard InChI is InChI=1S/C29H38N2OS/c1-33-22-18-28(31-20-21-32-24-25-11-5-2-6-12-25)23-30-19-17-29(26-13-7-3-8-14-26)27-15-9-4-10-16-27/h2-16,28-31H,17-24H2,1H3. The molecule has 0 fully saturated rings. The molecule has 1 atom stereocenters. The van der Waals surface area contributed by atoms with Crippen molar-refractivity contribution in [2.75, 3.05) is 38.2 Å². The number of nitrogens with one attached hydrogen (secondary N) is 2. The fourth-order valence-electron chi connectivity index (χ4n) is 4.06. The molecule has 2 N–H and O–H groups in total. The molecule has 3 aromatic carbocycles. The molecule has 1 unspecified atom stereocenters. The predicted molar refractivity (Wildman–Crippen MR) is 143 cm³/mol. The lowest BCUT2D eigenvalue weighted by Gasteiger charge is -2.21. The number of rotatable bonds is 16. The molecule has 0 spiro atoms. The number of hydrogen-bond donors (Lipinski definition) is 2. The zero-order valence-electron chi connectivity index (χ0n) is 19.8. The van der Waals surface area contributed by atoms with Crippen molar-refractivity contribution < 1.29 is 4.74 Å². The van der Waals surface area contributed by atoms with Crippen molar-refractivity contribution in [2.24, 2.45) is 0 Å². The first-order valence-electron chi connectivity index (χ1n) is 12.0. The van der Waals surface area contributed by atoms with E-state index < -0.39 is 0 Å². The van der Waals surface area contributed by atoms with Crippen LogP contribution in [0.1, 0.15) is 35.4 Å². The van der Waals surface area contributed by atoms with E-state index in [1.165, 1.54) is 22.4 Å². The number of ether oxygens (including phenoxy) is 1. The highest BCUT2D eigenvalue weighted by molar-refractivity contribution is 7.98. The van der Waals surface area contributed by atoms with Crippen LogP contribution >= 0.6 is 11.8 Å². The van der Waals surface area contributed by atoms with Gasteiger partial charge in [0, 0.05) is 25.0 Å². The Morgan fingerprint density at radius 2 is 1.36 bits per heavy atom. The molecule has 0 saturated carbocycles. The molecule has 0 amide bonds. The summed E-state index contributed by atoms with van der Waals surface area (Å²) < 4.78 is 5.84. The Kier molecular flexibility index (Phi) is 12.1. The molecule has 0 aliphatic heterocycles. The van der Waals surface area contributed by atoms with Crippen LogP contribution in [0.5, 0.6) is 0 Å². The first-order valence-corrected chi connectivity index (χ1v) is 13.4. The number of hydrogen-bond acceptors (Lipinski definition) is 4. The van der Waals surface area contributed by atoms with Crippen LogP contribution in [0.2, 0.25) is 0 Å². The monoisotopic (exact) mass is 462 g/mol. The van der Waals surface area contributed by atoms with Gasteiger partial charge in [0.15, 0.2) is 0 Å². The minimum atomic E-state index is 0.420. The Bertz CT molecular complexity index is 821. The SMILES string of the molecule is CSCCC(CNCCC(c1ccccc1)c1ccccc1)NCCOCc1ccccc1. The van der Waals surface area contributed by atoms with E-state index in [1.807, 2.05) is 17.8 Å². The normalized spacial score (nSPS) is 12.2. The Balaban J connectivity index is 1.41. The molecule has 0 radical (unpaired) electrons. The lowest BCUT2D eigenvalue weighted by atomic mass is 9.88. The summed E-state index contributed by atoms with van der Waals surface area (Å²) in [6, 6.07) is 32.6. The first kappa shape index (κ1) is 25.5. The van der Waals surface area contributed by atoms with Gasteiger partial charge in [-0.2, -0.15) is 11.8 Å². The van der Waals surface area contributed by atoms with Crippen LogP contribution in [0.15, 0.2) is 91.0 Å². The van der Waals surface area contributed by atoms with Crippen LogP contribution in [0.3, 0.4) is 0 Å². The Morgan fingerprint density at radius 3 is 1.97 bits per heavy atom. The van der Waals surface area contributed by atoms with Gasteiger partial charge in [-0.05, 0) is 48.1 Å². The molecular formula is C29H38N2OS. The second-order valence-electron chi connectivity index (χ2n) is 8.34. The third kappa shape index (κ3) is 9.73. The molecule has 33 heavy (non-hydrogen) atoms. The number of thioether (sulfide) groups is 1. The Hall–Kier alpha value is -2.11. The lowest BCUT2D eigenvalue weighted by Crippen LogP contribution is -2.41. The topological polar surface area (TPSA) is 33.3 Å². The molecule has 0 heterocycles. The van der Waals surface area contributed by atoms with E-state index in [-0.39, 0.29) is 0 Å². The van der Waals surface area contributed by atoms with E-state index in [4.69, 9.17) is 4.74 Å². The van der Waals surface area contributed by atoms with Crippen LogP contribution in [-0.4, -0.2) is 44.3 Å². The van der Waals surface area contributed by atoms with Gasteiger partial charge in [0.2, 0.25) is 0 Å². The smallest absolute Gasteiger partial charge is 0.0717 e. The van der Waals surface area contributed by atoms with Crippen molar-refractivity contribution >= 4 is 11.8 Å². The fraction of sp³-hybridized carbons (Fsp3) is 0.379. The largest absolute Gasteiger partial charge is 0.375 e. The second-order valence-corrected chi connectivity index (χ2v) is 9.32. The van der Waals surface area contributed by atoms with E-state index >= 15 is 0 Å². The van der Waals surface area contributed by atoms with Crippen molar-refractivity contribution in [3.8, 4) is 0 Å². The maximum atomic E-state index is 5.84. The van der Waals surface area contributed by atoms with Crippen molar-refractivity contribution in [1.82, 2.24) is 10.6 Å². The van der Waals surface area contributed by atoms with Gasteiger partial charge < -0.3 is 15.4 Å². The fourth-order valence-corrected chi connectivity index (χ4v) is 4.58. The molecule has 4 heteroatoms. The van der Waals surface area contributed by atoms with Gasteiger partial charge in [0.1, 0.15) is 0 Å². The van der Waals surface area contributed by atoms with Crippen molar-refractivity contribution in [2.45, 2.75) is 31.4 Å². The average molecular weight is 463 g/mol. The van der Waals surface area contributed by atoms with Crippen LogP contribution in [0.4, 0.5) is 0 Å². The van der Waals surface area contributed by atoms with Gasteiger partial charge in [-0.25, -0.2) is 0 Å². The van der Waals surface area contributed by atoms with E-state index in [0.717, 1.165) is 39.1 Å². The highest BCUT2D eigenvalue weighted by Crippen LogP contribution is 2.27. The summed E-state index contributed by atoms with van der Waals surface area (Å²) in [5.41, 5.74) is 4.00. The Labute approximate surface area is 204 Å². The second kappa shape index (κ2) is 15.7. The Morgan fingerprint density at radius 1 is 0.758 bits per heavy atom. The lowest BCUT2D eigenvalue weighted by molar-refractivity contribution is 0.120. The third-order valence-corrected chi connectivity index (χ3v) is 6.51. The van der Waals surface area contributed by atoms with Crippen LogP contribution in [0, 0.1) is 0 Å². The van der Waals surface area contributed by atoms with Crippen LogP contribution in [0.25, 0.3) is 0 Å². The van der Waals surface area contributed by atoms with Crippen molar-refractivity contribution in [3.63, 3.8) is 0 Å². The molecular weight excluding hydrogens is 424 g/mol. The van der Waals surface area contributed by atoms with Gasteiger partial charge in [0.25, 0.3) is 0 Å².